The van der Waals surface area contributed by atoms with Crippen molar-refractivity contribution in [3.63, 3.8) is 0 Å². The Morgan fingerprint density at radius 2 is 1.85 bits per heavy atom. The van der Waals surface area contributed by atoms with Crippen LogP contribution in [-0.4, -0.2) is 26.1 Å². The lowest BCUT2D eigenvalue weighted by molar-refractivity contribution is 0.0940. The highest BCUT2D eigenvalue weighted by molar-refractivity contribution is 5.95. The summed E-state index contributed by atoms with van der Waals surface area (Å²) in [5, 5.41) is 16.5. The Hall–Kier alpha value is -3.54. The number of carbonyl (C=O) groups excluding carboxylic acids is 1. The maximum atomic E-state index is 12.7. The van der Waals surface area contributed by atoms with E-state index in [1.165, 1.54) is 11.0 Å². The van der Waals surface area contributed by atoms with E-state index in [1.54, 1.807) is 12.1 Å². The molecule has 0 radical (unpaired) electrons. The number of carbonyl (C=O) groups is 1. The minimum atomic E-state index is -0.139. The van der Waals surface area contributed by atoms with Crippen LogP contribution in [0, 0.1) is 0 Å². The van der Waals surface area contributed by atoms with Gasteiger partial charge in [0.15, 0.2) is 0 Å². The number of hydrogen-bond donors (Lipinski definition) is 1. The van der Waals surface area contributed by atoms with Gasteiger partial charge >= 0.3 is 0 Å². The first-order valence-electron chi connectivity index (χ1n) is 8.34. The molecule has 128 valence electrons. The molecule has 0 aliphatic heterocycles. The van der Waals surface area contributed by atoms with Gasteiger partial charge in [-0.25, -0.2) is 4.68 Å². The van der Waals surface area contributed by atoms with Crippen molar-refractivity contribution in [2.75, 3.05) is 0 Å². The first-order chi connectivity index (χ1) is 12.7. The monoisotopic (exact) mass is 343 g/mol. The Labute approximate surface area is 150 Å². The number of aromatic nitrogens is 4. The molecule has 0 aliphatic carbocycles. The Kier molecular flexibility index (Phi) is 4.15. The second-order valence-corrected chi connectivity index (χ2v) is 6.07. The van der Waals surface area contributed by atoms with Gasteiger partial charge in [-0.05, 0) is 51.9 Å². The molecule has 6 heteroatoms. The fraction of sp³-hybridized carbons (Fsp3) is 0.100. The van der Waals surface area contributed by atoms with Crippen LogP contribution in [0.2, 0.25) is 0 Å². The number of amides is 1. The Morgan fingerprint density at radius 1 is 1.04 bits per heavy atom. The number of hydrogen-bond acceptors (Lipinski definition) is 4. The molecule has 1 heterocycles. The number of tetrazole rings is 1. The first kappa shape index (κ1) is 16.0. The van der Waals surface area contributed by atoms with E-state index in [9.17, 15) is 4.79 Å². The normalized spacial score (nSPS) is 12.0. The second kappa shape index (κ2) is 6.76. The van der Waals surface area contributed by atoms with Gasteiger partial charge in [-0.2, -0.15) is 0 Å². The lowest BCUT2D eigenvalue weighted by Crippen LogP contribution is -2.26. The van der Waals surface area contributed by atoms with Crippen molar-refractivity contribution in [2.45, 2.75) is 13.0 Å². The van der Waals surface area contributed by atoms with Gasteiger partial charge in [-0.3, -0.25) is 4.79 Å². The maximum Gasteiger partial charge on any atom is 0.251 e. The number of benzene rings is 3. The molecule has 0 saturated carbocycles. The molecule has 1 N–H and O–H groups in total. The van der Waals surface area contributed by atoms with Crippen molar-refractivity contribution in [2.24, 2.45) is 0 Å². The molecule has 6 nitrogen and oxygen atoms in total. The van der Waals surface area contributed by atoms with Crippen molar-refractivity contribution in [1.29, 1.82) is 0 Å². The lowest BCUT2D eigenvalue weighted by atomic mass is 9.99. The molecular formula is C20H17N5O. The minimum Gasteiger partial charge on any atom is -0.345 e. The van der Waals surface area contributed by atoms with Gasteiger partial charge in [0, 0.05) is 5.56 Å². The molecule has 1 aromatic heterocycles. The summed E-state index contributed by atoms with van der Waals surface area (Å²) in [4.78, 5) is 12.7. The van der Waals surface area contributed by atoms with Crippen LogP contribution in [-0.2, 0) is 0 Å². The summed E-state index contributed by atoms with van der Waals surface area (Å²) >= 11 is 0. The van der Waals surface area contributed by atoms with E-state index in [0.29, 0.717) is 5.56 Å². The third-order valence-corrected chi connectivity index (χ3v) is 4.36. The zero-order valence-corrected chi connectivity index (χ0v) is 14.2. The van der Waals surface area contributed by atoms with Crippen molar-refractivity contribution in [3.8, 4) is 5.69 Å². The number of nitrogens with one attached hydrogen (secondary N) is 1. The highest BCUT2D eigenvalue weighted by Gasteiger charge is 2.14. The summed E-state index contributed by atoms with van der Waals surface area (Å²) < 4.78 is 1.52. The molecular weight excluding hydrogens is 326 g/mol. The molecule has 0 fully saturated rings. The molecule has 4 aromatic rings. The van der Waals surface area contributed by atoms with Crippen LogP contribution >= 0.6 is 0 Å². The van der Waals surface area contributed by atoms with Crippen LogP contribution in [0.1, 0.15) is 28.9 Å². The van der Waals surface area contributed by atoms with Gasteiger partial charge in [0.2, 0.25) is 0 Å². The maximum absolute atomic E-state index is 12.7. The summed E-state index contributed by atoms with van der Waals surface area (Å²) in [6.45, 7) is 1.99. The average Bonchev–Trinajstić information content (AvgIpc) is 3.22. The number of fused-ring (bicyclic) bond motifs is 1. The lowest BCUT2D eigenvalue weighted by Gasteiger charge is -2.17. The predicted octanol–water partition coefficient (Wildman–Crippen LogP) is 3.31. The van der Waals surface area contributed by atoms with Gasteiger partial charge in [-0.1, -0.05) is 48.5 Å². The van der Waals surface area contributed by atoms with E-state index in [1.807, 2.05) is 43.3 Å². The average molecular weight is 343 g/mol. The largest absolute Gasteiger partial charge is 0.345 e. The van der Waals surface area contributed by atoms with Gasteiger partial charge < -0.3 is 5.32 Å². The molecule has 4 rings (SSSR count). The Bertz CT molecular complexity index is 1050. The van der Waals surface area contributed by atoms with Crippen LogP contribution in [0.3, 0.4) is 0 Å². The summed E-state index contributed by atoms with van der Waals surface area (Å²) in [5.74, 6) is -0.139. The van der Waals surface area contributed by atoms with E-state index in [-0.39, 0.29) is 11.9 Å². The van der Waals surface area contributed by atoms with Crippen LogP contribution in [0.15, 0.2) is 73.1 Å². The smallest absolute Gasteiger partial charge is 0.251 e. The zero-order valence-electron chi connectivity index (χ0n) is 14.2. The quantitative estimate of drug-likeness (QED) is 0.617. The number of nitrogens with zero attached hydrogens (tertiary/aromatic N) is 4. The van der Waals surface area contributed by atoms with E-state index in [0.717, 1.165) is 22.0 Å². The summed E-state index contributed by atoms with van der Waals surface area (Å²) in [6.07, 6.45) is 1.50. The highest BCUT2D eigenvalue weighted by atomic mass is 16.1. The third kappa shape index (κ3) is 3.04. The van der Waals surface area contributed by atoms with Gasteiger partial charge in [-0.15, -0.1) is 5.10 Å². The van der Waals surface area contributed by atoms with E-state index in [2.05, 4.69) is 39.0 Å². The molecule has 26 heavy (non-hydrogen) atoms. The molecule has 0 spiro atoms. The predicted molar refractivity (Wildman–Crippen MR) is 99.0 cm³/mol. The highest BCUT2D eigenvalue weighted by Crippen LogP contribution is 2.24. The summed E-state index contributed by atoms with van der Waals surface area (Å²) in [7, 11) is 0. The van der Waals surface area contributed by atoms with Crippen LogP contribution in [0.25, 0.3) is 16.5 Å². The molecule has 3 aromatic carbocycles. The fourth-order valence-corrected chi connectivity index (χ4v) is 3.06. The Balaban J connectivity index is 1.59. The van der Waals surface area contributed by atoms with Crippen molar-refractivity contribution < 1.29 is 4.79 Å². The molecule has 1 amide bonds. The molecule has 0 bridgehead atoms. The van der Waals surface area contributed by atoms with Crippen molar-refractivity contribution in [3.05, 3.63) is 84.2 Å². The topological polar surface area (TPSA) is 72.7 Å². The van der Waals surface area contributed by atoms with Gasteiger partial charge in [0.1, 0.15) is 6.33 Å². The standard InChI is InChI=1S/C20H17N5O/c1-14(18-11-5-7-15-6-2-3-10-19(15)18)22-20(26)16-8-4-9-17(12-16)25-13-21-23-24-25/h2-14H,1H3,(H,22,26). The SMILES string of the molecule is CC(NC(=O)c1cccc(-n2cnnn2)c1)c1cccc2ccccc12. The number of rotatable bonds is 4. The fourth-order valence-electron chi connectivity index (χ4n) is 3.06. The minimum absolute atomic E-state index is 0.120. The van der Waals surface area contributed by atoms with Crippen LogP contribution < -0.4 is 5.32 Å². The van der Waals surface area contributed by atoms with Crippen molar-refractivity contribution >= 4 is 16.7 Å². The summed E-state index contributed by atoms with van der Waals surface area (Å²) in [6, 6.07) is 21.4. The molecule has 0 saturated heterocycles. The second-order valence-electron chi connectivity index (χ2n) is 6.07. The Morgan fingerprint density at radius 3 is 2.69 bits per heavy atom. The van der Waals surface area contributed by atoms with Crippen LogP contribution in [0.5, 0.6) is 0 Å². The molecule has 1 atom stereocenters. The zero-order chi connectivity index (χ0) is 17.9. The molecule has 0 aliphatic rings. The van der Waals surface area contributed by atoms with Crippen LogP contribution in [0.4, 0.5) is 0 Å². The van der Waals surface area contributed by atoms with E-state index in [4.69, 9.17) is 0 Å². The first-order valence-corrected chi connectivity index (χ1v) is 8.34. The summed E-state index contributed by atoms with van der Waals surface area (Å²) in [5.41, 5.74) is 2.39. The van der Waals surface area contributed by atoms with Gasteiger partial charge in [0.05, 0.1) is 11.7 Å². The van der Waals surface area contributed by atoms with E-state index >= 15 is 0 Å². The third-order valence-electron chi connectivity index (χ3n) is 4.36. The molecule has 1 unspecified atom stereocenters. The van der Waals surface area contributed by atoms with Crippen molar-refractivity contribution in [1.82, 2.24) is 25.5 Å². The van der Waals surface area contributed by atoms with Gasteiger partial charge in [0.25, 0.3) is 5.91 Å². The van der Waals surface area contributed by atoms with E-state index < -0.39 is 0 Å².